The lowest BCUT2D eigenvalue weighted by Crippen LogP contribution is -1.97. The van der Waals surface area contributed by atoms with E-state index >= 15 is 0 Å². The Labute approximate surface area is 125 Å². The molecule has 18 heavy (non-hydrogen) atoms. The maximum Gasteiger partial charge on any atom is 0.0964 e. The minimum Gasteiger partial charge on any atom is -0.397 e. The highest BCUT2D eigenvalue weighted by Crippen LogP contribution is 2.44. The van der Waals surface area contributed by atoms with Gasteiger partial charge in [0.1, 0.15) is 0 Å². The molecular weight excluding hydrogens is 314 g/mol. The van der Waals surface area contributed by atoms with Crippen molar-refractivity contribution in [2.75, 3.05) is 5.73 Å². The van der Waals surface area contributed by atoms with Crippen molar-refractivity contribution in [2.45, 2.75) is 6.92 Å². The summed E-state index contributed by atoms with van der Waals surface area (Å²) in [5, 5.41) is 1.14. The van der Waals surface area contributed by atoms with Crippen LogP contribution >= 0.6 is 46.4 Å². The molecule has 94 valence electrons. The van der Waals surface area contributed by atoms with Crippen molar-refractivity contribution < 1.29 is 0 Å². The third-order valence-corrected chi connectivity index (χ3v) is 4.12. The van der Waals surface area contributed by atoms with Crippen molar-refractivity contribution in [1.82, 2.24) is 4.98 Å². The van der Waals surface area contributed by atoms with Gasteiger partial charge in [0, 0.05) is 11.8 Å². The van der Waals surface area contributed by atoms with Gasteiger partial charge in [0.25, 0.3) is 0 Å². The average Bonchev–Trinajstić information content (AvgIpc) is 2.32. The van der Waals surface area contributed by atoms with Gasteiger partial charge in [0.15, 0.2) is 0 Å². The summed E-state index contributed by atoms with van der Waals surface area (Å²) in [5.41, 5.74) is 8.38. The van der Waals surface area contributed by atoms with Gasteiger partial charge >= 0.3 is 0 Å². The Hall–Kier alpha value is -0.670. The number of anilines is 1. The molecule has 1 aromatic carbocycles. The molecule has 0 saturated carbocycles. The first-order chi connectivity index (χ1) is 8.43. The van der Waals surface area contributed by atoms with Gasteiger partial charge in [-0.3, -0.25) is 4.98 Å². The lowest BCUT2D eigenvalue weighted by Gasteiger charge is -2.12. The topological polar surface area (TPSA) is 38.9 Å². The number of hydrogen-bond acceptors (Lipinski definition) is 2. The van der Waals surface area contributed by atoms with E-state index in [1.165, 1.54) is 6.07 Å². The first-order valence-corrected chi connectivity index (χ1v) is 6.49. The number of halogens is 4. The lowest BCUT2D eigenvalue weighted by molar-refractivity contribution is 1.29. The molecule has 0 aliphatic heterocycles. The third-order valence-electron chi connectivity index (χ3n) is 2.56. The fraction of sp³-hybridized carbons (Fsp3) is 0.0833. The molecule has 0 spiro atoms. The predicted octanol–water partition coefficient (Wildman–Crippen LogP) is 5.25. The Morgan fingerprint density at radius 3 is 2.39 bits per heavy atom. The van der Waals surface area contributed by atoms with Crippen LogP contribution in [0.25, 0.3) is 11.3 Å². The fourth-order valence-electron chi connectivity index (χ4n) is 1.55. The summed E-state index contributed by atoms with van der Waals surface area (Å²) in [5.74, 6) is 0. The van der Waals surface area contributed by atoms with Crippen LogP contribution in [-0.2, 0) is 0 Å². The fourth-order valence-corrected chi connectivity index (χ4v) is 2.64. The second-order valence-electron chi connectivity index (χ2n) is 3.73. The van der Waals surface area contributed by atoms with Crippen LogP contribution in [0.2, 0.25) is 20.1 Å². The maximum absolute atomic E-state index is 6.17. The normalized spacial score (nSPS) is 10.7. The van der Waals surface area contributed by atoms with E-state index in [1.54, 1.807) is 12.3 Å². The number of hydrogen-bond donors (Lipinski definition) is 1. The van der Waals surface area contributed by atoms with E-state index in [9.17, 15) is 0 Å². The lowest BCUT2D eigenvalue weighted by atomic mass is 10.1. The van der Waals surface area contributed by atoms with Crippen molar-refractivity contribution >= 4 is 52.1 Å². The van der Waals surface area contributed by atoms with Crippen molar-refractivity contribution in [3.63, 3.8) is 0 Å². The molecule has 2 rings (SSSR count). The van der Waals surface area contributed by atoms with Gasteiger partial charge in [-0.2, -0.15) is 0 Å². The van der Waals surface area contributed by atoms with Crippen molar-refractivity contribution in [1.29, 1.82) is 0 Å². The number of pyridine rings is 1. The summed E-state index contributed by atoms with van der Waals surface area (Å²) in [6, 6.07) is 3.33. The summed E-state index contributed by atoms with van der Waals surface area (Å²) >= 11 is 24.2. The van der Waals surface area contributed by atoms with Crippen LogP contribution in [0.1, 0.15) is 5.56 Å². The summed E-state index contributed by atoms with van der Waals surface area (Å²) in [7, 11) is 0. The monoisotopic (exact) mass is 320 g/mol. The molecule has 2 aromatic rings. The number of nitrogens with two attached hydrogens (primary N) is 1. The Balaban J connectivity index is 2.80. The van der Waals surface area contributed by atoms with Crippen molar-refractivity contribution in [3.8, 4) is 11.3 Å². The zero-order valence-corrected chi connectivity index (χ0v) is 12.3. The average molecular weight is 322 g/mol. The van der Waals surface area contributed by atoms with Crippen LogP contribution in [0.3, 0.4) is 0 Å². The molecule has 1 heterocycles. The molecule has 0 saturated heterocycles. The van der Waals surface area contributed by atoms with E-state index in [0.29, 0.717) is 27.0 Å². The summed E-state index contributed by atoms with van der Waals surface area (Å²) in [4.78, 5) is 4.21. The molecule has 1 aromatic heterocycles. The van der Waals surface area contributed by atoms with Crippen molar-refractivity contribution in [2.24, 2.45) is 0 Å². The van der Waals surface area contributed by atoms with E-state index in [0.717, 1.165) is 5.56 Å². The molecule has 0 aliphatic rings. The Bertz CT molecular complexity index is 626. The molecule has 0 atom stereocenters. The number of nitrogens with zero attached hydrogens (tertiary/aromatic N) is 1. The first kappa shape index (κ1) is 13.8. The smallest absolute Gasteiger partial charge is 0.0964 e. The number of aryl methyl sites for hydroxylation is 1. The van der Waals surface area contributed by atoms with Crippen LogP contribution in [0.5, 0.6) is 0 Å². The largest absolute Gasteiger partial charge is 0.397 e. The number of benzene rings is 1. The maximum atomic E-state index is 6.17. The molecule has 0 amide bonds. The van der Waals surface area contributed by atoms with Gasteiger partial charge < -0.3 is 5.73 Å². The molecule has 0 aliphatic carbocycles. The first-order valence-electron chi connectivity index (χ1n) is 4.98. The van der Waals surface area contributed by atoms with Crippen LogP contribution in [0.15, 0.2) is 18.3 Å². The third kappa shape index (κ3) is 2.26. The van der Waals surface area contributed by atoms with Gasteiger partial charge in [-0.1, -0.05) is 46.4 Å². The van der Waals surface area contributed by atoms with E-state index in [1.807, 2.05) is 6.92 Å². The molecule has 6 heteroatoms. The van der Waals surface area contributed by atoms with Gasteiger partial charge in [0.05, 0.1) is 31.5 Å². The zero-order chi connectivity index (χ0) is 13.4. The Kier molecular flexibility index (Phi) is 3.93. The minimum absolute atomic E-state index is 0.237. The van der Waals surface area contributed by atoms with Gasteiger partial charge in [-0.05, 0) is 24.6 Å². The molecule has 2 N–H and O–H groups in total. The van der Waals surface area contributed by atoms with E-state index in [2.05, 4.69) is 4.98 Å². The standard InChI is InChI=1S/C12H8Cl4N2/c1-5-2-3-18-12(11(5)17)8-6(13)4-7(14)9(15)10(8)16/h2-4H,17H2,1H3. The number of aromatic nitrogens is 1. The summed E-state index contributed by atoms with van der Waals surface area (Å²) in [6.07, 6.45) is 1.64. The second-order valence-corrected chi connectivity index (χ2v) is 5.30. The van der Waals surface area contributed by atoms with E-state index in [-0.39, 0.29) is 10.0 Å². The summed E-state index contributed by atoms with van der Waals surface area (Å²) < 4.78 is 0. The van der Waals surface area contributed by atoms with Crippen LogP contribution in [-0.4, -0.2) is 4.98 Å². The van der Waals surface area contributed by atoms with E-state index in [4.69, 9.17) is 52.1 Å². The molecule has 0 fully saturated rings. The molecule has 0 bridgehead atoms. The van der Waals surface area contributed by atoms with Crippen molar-refractivity contribution in [3.05, 3.63) is 44.0 Å². The van der Waals surface area contributed by atoms with Gasteiger partial charge in [-0.15, -0.1) is 0 Å². The second kappa shape index (κ2) is 5.14. The van der Waals surface area contributed by atoms with Gasteiger partial charge in [0.2, 0.25) is 0 Å². The Morgan fingerprint density at radius 2 is 1.72 bits per heavy atom. The minimum atomic E-state index is 0.237. The number of rotatable bonds is 1. The predicted molar refractivity (Wildman–Crippen MR) is 78.9 cm³/mol. The summed E-state index contributed by atoms with van der Waals surface area (Å²) in [6.45, 7) is 1.87. The van der Waals surface area contributed by atoms with E-state index < -0.39 is 0 Å². The Morgan fingerprint density at radius 1 is 1.06 bits per heavy atom. The zero-order valence-electron chi connectivity index (χ0n) is 9.27. The highest BCUT2D eigenvalue weighted by Gasteiger charge is 2.18. The van der Waals surface area contributed by atoms with Gasteiger partial charge in [-0.25, -0.2) is 0 Å². The molecule has 2 nitrogen and oxygen atoms in total. The quantitative estimate of drug-likeness (QED) is 0.575. The highest BCUT2D eigenvalue weighted by molar-refractivity contribution is 6.51. The number of nitrogen functional groups attached to an aromatic ring is 1. The van der Waals surface area contributed by atoms with Crippen LogP contribution < -0.4 is 5.73 Å². The van der Waals surface area contributed by atoms with Crippen LogP contribution in [0, 0.1) is 6.92 Å². The molecule has 0 unspecified atom stereocenters. The SMILES string of the molecule is Cc1ccnc(-c2c(Cl)cc(Cl)c(Cl)c2Cl)c1N. The highest BCUT2D eigenvalue weighted by atomic mass is 35.5. The molecular formula is C12H8Cl4N2. The van der Waals surface area contributed by atoms with Crippen LogP contribution in [0.4, 0.5) is 5.69 Å². The molecule has 0 radical (unpaired) electrons.